The van der Waals surface area contributed by atoms with Crippen LogP contribution in [0.15, 0.2) is 36.5 Å². The lowest BCUT2D eigenvalue weighted by molar-refractivity contribution is 0.861. The molecule has 1 nitrogen and oxygen atoms in total. The molecule has 0 aliphatic carbocycles. The highest BCUT2D eigenvalue weighted by atomic mass is 14.9. The van der Waals surface area contributed by atoms with Crippen LogP contribution in [0.5, 0.6) is 0 Å². The third-order valence-electron chi connectivity index (χ3n) is 3.33. The summed E-state index contributed by atoms with van der Waals surface area (Å²) in [5, 5.41) is 0. The molecule has 0 N–H and O–H groups in total. The fourth-order valence-electron chi connectivity index (χ4n) is 2.16. The van der Waals surface area contributed by atoms with Gasteiger partial charge in [0.25, 0.3) is 0 Å². The zero-order valence-electron chi connectivity index (χ0n) is 11.2. The average molecular weight is 227 g/mol. The number of hydrogen-bond acceptors (Lipinski definition) is 0. The van der Waals surface area contributed by atoms with Crippen LogP contribution in [0.25, 0.3) is 11.3 Å². The van der Waals surface area contributed by atoms with Gasteiger partial charge in [0.05, 0.1) is 0 Å². The third-order valence-corrected chi connectivity index (χ3v) is 3.33. The van der Waals surface area contributed by atoms with Crippen molar-refractivity contribution in [3.63, 3.8) is 0 Å². The number of benzene rings is 1. The maximum atomic E-state index is 2.33. The second-order valence-corrected chi connectivity index (χ2v) is 4.98. The zero-order chi connectivity index (χ0) is 12.4. The van der Waals surface area contributed by atoms with Gasteiger partial charge in [-0.05, 0) is 53.3 Å². The van der Waals surface area contributed by atoms with Crippen LogP contribution in [0.1, 0.15) is 37.8 Å². The fraction of sp³-hybridized carbons (Fsp3) is 0.375. The molecule has 0 radical (unpaired) electrons. The molecule has 0 aliphatic rings. The standard InChI is InChI=1S/C16H21N/c1-5-13-9-14(12(2)3)11-15(10-13)16-7-6-8-17(16)4/h6-12H,5H2,1-4H3. The predicted octanol–water partition coefficient (Wildman–Crippen LogP) is 4.38. The molecule has 2 rings (SSSR count). The zero-order valence-corrected chi connectivity index (χ0v) is 11.2. The first-order chi connectivity index (χ1) is 8.11. The first kappa shape index (κ1) is 12.0. The van der Waals surface area contributed by atoms with Crippen molar-refractivity contribution in [2.45, 2.75) is 33.1 Å². The van der Waals surface area contributed by atoms with E-state index < -0.39 is 0 Å². The maximum absolute atomic E-state index is 2.33. The van der Waals surface area contributed by atoms with Gasteiger partial charge in [0.1, 0.15) is 0 Å². The van der Waals surface area contributed by atoms with Gasteiger partial charge in [-0.2, -0.15) is 0 Å². The smallest absolute Gasteiger partial charge is 0.0477 e. The van der Waals surface area contributed by atoms with E-state index in [9.17, 15) is 0 Å². The van der Waals surface area contributed by atoms with Crippen molar-refractivity contribution in [1.82, 2.24) is 4.57 Å². The van der Waals surface area contributed by atoms with Gasteiger partial charge in [-0.1, -0.05) is 26.8 Å². The molecular weight excluding hydrogens is 206 g/mol. The first-order valence-corrected chi connectivity index (χ1v) is 6.37. The van der Waals surface area contributed by atoms with Crippen LogP contribution in [0, 0.1) is 0 Å². The fourth-order valence-corrected chi connectivity index (χ4v) is 2.16. The van der Waals surface area contributed by atoms with E-state index in [2.05, 4.69) is 68.9 Å². The molecule has 0 bridgehead atoms. The van der Waals surface area contributed by atoms with Crippen molar-refractivity contribution >= 4 is 0 Å². The summed E-state index contributed by atoms with van der Waals surface area (Å²) in [5.74, 6) is 0.584. The molecule has 0 unspecified atom stereocenters. The number of aromatic nitrogens is 1. The Labute approximate surface area is 104 Å². The van der Waals surface area contributed by atoms with E-state index in [0.29, 0.717) is 5.92 Å². The van der Waals surface area contributed by atoms with Crippen LogP contribution in [-0.2, 0) is 13.5 Å². The second-order valence-electron chi connectivity index (χ2n) is 4.98. The Kier molecular flexibility index (Phi) is 3.37. The van der Waals surface area contributed by atoms with Crippen molar-refractivity contribution in [3.8, 4) is 11.3 Å². The molecule has 0 spiro atoms. The molecule has 1 aromatic carbocycles. The Balaban J connectivity index is 2.54. The van der Waals surface area contributed by atoms with E-state index in [4.69, 9.17) is 0 Å². The summed E-state index contributed by atoms with van der Waals surface area (Å²) in [7, 11) is 2.10. The topological polar surface area (TPSA) is 4.93 Å². The Bertz CT molecular complexity index is 506. The second kappa shape index (κ2) is 4.79. The van der Waals surface area contributed by atoms with Crippen molar-refractivity contribution in [3.05, 3.63) is 47.7 Å². The predicted molar refractivity (Wildman–Crippen MR) is 74.3 cm³/mol. The highest BCUT2D eigenvalue weighted by Crippen LogP contribution is 2.26. The summed E-state index contributed by atoms with van der Waals surface area (Å²) >= 11 is 0. The highest BCUT2D eigenvalue weighted by Gasteiger charge is 2.07. The Morgan fingerprint density at radius 3 is 2.47 bits per heavy atom. The molecule has 17 heavy (non-hydrogen) atoms. The molecule has 0 aliphatic heterocycles. The summed E-state index contributed by atoms with van der Waals surface area (Å²) in [6.07, 6.45) is 3.20. The average Bonchev–Trinajstić information content (AvgIpc) is 2.74. The van der Waals surface area contributed by atoms with Gasteiger partial charge in [0, 0.05) is 18.9 Å². The van der Waals surface area contributed by atoms with Gasteiger partial charge in [0.15, 0.2) is 0 Å². The van der Waals surface area contributed by atoms with Crippen LogP contribution < -0.4 is 0 Å². The van der Waals surface area contributed by atoms with Gasteiger partial charge in [-0.25, -0.2) is 0 Å². The van der Waals surface area contributed by atoms with E-state index in [1.54, 1.807) is 0 Å². The molecule has 90 valence electrons. The Morgan fingerprint density at radius 1 is 1.18 bits per heavy atom. The van der Waals surface area contributed by atoms with Crippen molar-refractivity contribution < 1.29 is 0 Å². The summed E-state index contributed by atoms with van der Waals surface area (Å²) in [4.78, 5) is 0. The van der Waals surface area contributed by atoms with Crippen molar-refractivity contribution in [2.75, 3.05) is 0 Å². The number of rotatable bonds is 3. The summed E-state index contributed by atoms with van der Waals surface area (Å²) in [6, 6.07) is 11.2. The highest BCUT2D eigenvalue weighted by molar-refractivity contribution is 5.62. The Morgan fingerprint density at radius 2 is 1.94 bits per heavy atom. The monoisotopic (exact) mass is 227 g/mol. The lowest BCUT2D eigenvalue weighted by Crippen LogP contribution is -1.95. The van der Waals surface area contributed by atoms with Crippen molar-refractivity contribution in [2.24, 2.45) is 7.05 Å². The quantitative estimate of drug-likeness (QED) is 0.733. The van der Waals surface area contributed by atoms with Crippen molar-refractivity contribution in [1.29, 1.82) is 0 Å². The van der Waals surface area contributed by atoms with Gasteiger partial charge in [0.2, 0.25) is 0 Å². The lowest BCUT2D eigenvalue weighted by atomic mass is 9.95. The molecular formula is C16H21N. The van der Waals surface area contributed by atoms with Crippen LogP contribution in [0.4, 0.5) is 0 Å². The minimum absolute atomic E-state index is 0.584. The van der Waals surface area contributed by atoms with Gasteiger partial charge >= 0.3 is 0 Å². The van der Waals surface area contributed by atoms with E-state index in [-0.39, 0.29) is 0 Å². The molecule has 0 fully saturated rings. The summed E-state index contributed by atoms with van der Waals surface area (Å²) in [6.45, 7) is 6.72. The summed E-state index contributed by atoms with van der Waals surface area (Å²) in [5.41, 5.74) is 5.48. The minimum atomic E-state index is 0.584. The molecule has 0 atom stereocenters. The molecule has 0 saturated heterocycles. The first-order valence-electron chi connectivity index (χ1n) is 6.37. The molecule has 0 amide bonds. The number of nitrogens with zero attached hydrogens (tertiary/aromatic N) is 1. The number of aryl methyl sites for hydroxylation is 2. The molecule has 1 heteroatoms. The normalized spacial score (nSPS) is 11.1. The van der Waals surface area contributed by atoms with Gasteiger partial charge < -0.3 is 4.57 Å². The SMILES string of the molecule is CCc1cc(-c2cccn2C)cc(C(C)C)c1. The van der Waals surface area contributed by atoms with Crippen LogP contribution in [0.3, 0.4) is 0 Å². The van der Waals surface area contributed by atoms with Crippen LogP contribution in [-0.4, -0.2) is 4.57 Å². The van der Waals surface area contributed by atoms with Gasteiger partial charge in [-0.15, -0.1) is 0 Å². The third kappa shape index (κ3) is 2.44. The van der Waals surface area contributed by atoms with Crippen LogP contribution >= 0.6 is 0 Å². The van der Waals surface area contributed by atoms with Crippen LogP contribution in [0.2, 0.25) is 0 Å². The van der Waals surface area contributed by atoms with E-state index in [1.165, 1.54) is 22.4 Å². The molecule has 0 saturated carbocycles. The van der Waals surface area contributed by atoms with Gasteiger partial charge in [-0.3, -0.25) is 0 Å². The molecule has 2 aromatic rings. The maximum Gasteiger partial charge on any atom is 0.0477 e. The van der Waals surface area contributed by atoms with E-state index >= 15 is 0 Å². The van der Waals surface area contributed by atoms with E-state index in [1.807, 2.05) is 0 Å². The largest absolute Gasteiger partial charge is 0.351 e. The summed E-state index contributed by atoms with van der Waals surface area (Å²) < 4.78 is 2.18. The molecule has 1 aromatic heterocycles. The number of hydrogen-bond donors (Lipinski definition) is 0. The molecule has 1 heterocycles. The minimum Gasteiger partial charge on any atom is -0.351 e. The lowest BCUT2D eigenvalue weighted by Gasteiger charge is -2.12. The van der Waals surface area contributed by atoms with E-state index in [0.717, 1.165) is 6.42 Å². The Hall–Kier alpha value is -1.50.